The molecule has 2 unspecified atom stereocenters. The van der Waals surface area contributed by atoms with Crippen LogP contribution in [0.4, 0.5) is 19.9 Å². The Morgan fingerprint density at radius 1 is 0.914 bits per heavy atom. The monoisotopic (exact) mass is 576 g/mol. The van der Waals surface area contributed by atoms with Crippen LogP contribution in [-0.4, -0.2) is 32.6 Å². The van der Waals surface area contributed by atoms with Gasteiger partial charge in [-0.05, 0) is 63.1 Å². The normalized spacial score (nSPS) is 12.0. The minimum atomic E-state index is -0.873. The summed E-state index contributed by atoms with van der Waals surface area (Å²) in [7, 11) is 0. The van der Waals surface area contributed by atoms with Crippen molar-refractivity contribution in [1.82, 2.24) is 9.97 Å². The summed E-state index contributed by atoms with van der Waals surface area (Å²) in [5.41, 5.74) is 7.64. The number of aryl methyl sites for hydroxylation is 2. The van der Waals surface area contributed by atoms with Gasteiger partial charge in [-0.15, -0.1) is 0 Å². The highest BCUT2D eigenvalue weighted by molar-refractivity contribution is 7.22. The summed E-state index contributed by atoms with van der Waals surface area (Å²) in [6, 6.07) is 12.1. The lowest BCUT2D eigenvalue weighted by molar-refractivity contribution is 0.154. The lowest BCUT2D eigenvalue weighted by atomic mass is 10.2. The van der Waals surface area contributed by atoms with Gasteiger partial charge in [0.1, 0.15) is 0 Å². The molecule has 2 aromatic heterocycles. The summed E-state index contributed by atoms with van der Waals surface area (Å²) >= 11 is 18.3. The number of halogens is 3. The van der Waals surface area contributed by atoms with Crippen molar-refractivity contribution in [2.75, 3.05) is 11.1 Å². The number of thiazole rings is 2. The van der Waals surface area contributed by atoms with E-state index < -0.39 is 22.6 Å². The second-order valence-corrected chi connectivity index (χ2v) is 10.6. The number of nitrogens with two attached hydrogens (primary N) is 1. The van der Waals surface area contributed by atoms with Gasteiger partial charge in [0, 0.05) is 11.6 Å². The predicted octanol–water partition coefficient (Wildman–Crippen LogP) is 7.87. The number of anilines is 2. The largest absolute Gasteiger partial charge is 0.434 e. The number of carbonyl (C=O) groups excluding carboxylic acids is 2. The molecule has 4 aromatic rings. The molecule has 0 aliphatic rings. The van der Waals surface area contributed by atoms with Crippen LogP contribution in [0.15, 0.2) is 36.4 Å². The highest BCUT2D eigenvalue weighted by Crippen LogP contribution is 2.27. The molecule has 0 radical (unpaired) electrons. The molecule has 188 valence electrons. The summed E-state index contributed by atoms with van der Waals surface area (Å²) in [6.07, 6.45) is -0.594. The number of alkyl halides is 2. The van der Waals surface area contributed by atoms with Crippen molar-refractivity contribution < 1.29 is 19.1 Å². The van der Waals surface area contributed by atoms with E-state index in [1.807, 2.05) is 37.3 Å². The van der Waals surface area contributed by atoms with Crippen LogP contribution < -0.4 is 11.1 Å². The number of nitrogen functional groups attached to an aromatic ring is 1. The summed E-state index contributed by atoms with van der Waals surface area (Å²) < 4.78 is 11.1. The fraction of sp³-hybridized carbons (Fsp3) is 0.273. The molecule has 35 heavy (non-hydrogen) atoms. The van der Waals surface area contributed by atoms with E-state index >= 15 is 0 Å². The molecule has 3 N–H and O–H groups in total. The molecular weight excluding hydrogens is 555 g/mol. The Hall–Kier alpha value is -2.37. The zero-order valence-corrected chi connectivity index (χ0v) is 23.1. The second kappa shape index (κ2) is 13.6. The molecule has 0 aliphatic heterocycles. The first-order valence-electron chi connectivity index (χ1n) is 10.0. The van der Waals surface area contributed by atoms with Crippen molar-refractivity contribution in [3.63, 3.8) is 0 Å². The van der Waals surface area contributed by atoms with Gasteiger partial charge in [-0.25, -0.2) is 19.6 Å². The number of ether oxygens (including phenoxy) is 2. The molecule has 0 aliphatic carbocycles. The minimum Gasteiger partial charge on any atom is -0.434 e. The number of hydrogen-bond acceptors (Lipinski definition) is 9. The summed E-state index contributed by atoms with van der Waals surface area (Å²) in [5.74, 6) is 0. The second-order valence-electron chi connectivity index (χ2n) is 6.99. The smallest absolute Gasteiger partial charge is 0.414 e. The minimum absolute atomic E-state index is 0.507. The number of fused-ring (bicyclic) bond motifs is 2. The molecule has 0 saturated carbocycles. The van der Waals surface area contributed by atoms with Gasteiger partial charge in [0.05, 0.1) is 20.4 Å². The van der Waals surface area contributed by atoms with Crippen molar-refractivity contribution in [2.45, 2.75) is 38.8 Å². The van der Waals surface area contributed by atoms with Crippen LogP contribution in [-0.2, 0) is 9.47 Å². The van der Waals surface area contributed by atoms with E-state index in [0.29, 0.717) is 10.3 Å². The zero-order valence-electron chi connectivity index (χ0n) is 19.2. The SMILES string of the molecule is CC(Cl)OC(=O)Cl.Cc1ccc2nc(N)sc2c1.Cc1ccc2nc(NC(=O)OC(C)Cl)sc2c1. The molecule has 13 heteroatoms. The third-order valence-electron chi connectivity index (χ3n) is 3.84. The van der Waals surface area contributed by atoms with Crippen LogP contribution in [0.2, 0.25) is 0 Å². The van der Waals surface area contributed by atoms with Gasteiger partial charge in [0.25, 0.3) is 0 Å². The van der Waals surface area contributed by atoms with Crippen LogP contribution >= 0.6 is 57.5 Å². The molecule has 2 heterocycles. The van der Waals surface area contributed by atoms with Crippen LogP contribution in [0.5, 0.6) is 0 Å². The van der Waals surface area contributed by atoms with E-state index in [-0.39, 0.29) is 0 Å². The van der Waals surface area contributed by atoms with E-state index in [2.05, 4.69) is 33.0 Å². The third kappa shape index (κ3) is 10.4. The maximum Gasteiger partial charge on any atom is 0.414 e. The Morgan fingerprint density at radius 3 is 1.91 bits per heavy atom. The van der Waals surface area contributed by atoms with Gasteiger partial charge in [-0.2, -0.15) is 0 Å². The van der Waals surface area contributed by atoms with Gasteiger partial charge in [-0.3, -0.25) is 5.32 Å². The van der Waals surface area contributed by atoms with Crippen molar-refractivity contribution in [1.29, 1.82) is 0 Å². The summed E-state index contributed by atoms with van der Waals surface area (Å²) in [5, 5.41) is 3.70. The fourth-order valence-corrected chi connectivity index (χ4v) is 4.65. The molecule has 8 nitrogen and oxygen atoms in total. The first-order chi connectivity index (χ1) is 16.4. The number of rotatable bonds is 3. The quantitative estimate of drug-likeness (QED) is 0.188. The Labute approximate surface area is 225 Å². The Kier molecular flexibility index (Phi) is 11.3. The van der Waals surface area contributed by atoms with Gasteiger partial charge in [0.2, 0.25) is 0 Å². The highest BCUT2D eigenvalue weighted by Gasteiger charge is 2.10. The van der Waals surface area contributed by atoms with E-state index in [1.165, 1.54) is 39.9 Å². The van der Waals surface area contributed by atoms with Gasteiger partial charge >= 0.3 is 11.5 Å². The lowest BCUT2D eigenvalue weighted by Gasteiger charge is -2.04. The number of nitrogens with zero attached hydrogens (tertiary/aromatic N) is 2. The molecular formula is C22H23Cl3N4O4S2. The maximum atomic E-state index is 11.3. The molecule has 0 bridgehead atoms. The van der Waals surface area contributed by atoms with E-state index in [0.717, 1.165) is 21.3 Å². The first-order valence-corrected chi connectivity index (χ1v) is 12.9. The van der Waals surface area contributed by atoms with Gasteiger partial charge in [0.15, 0.2) is 21.4 Å². The van der Waals surface area contributed by atoms with Crippen molar-refractivity contribution in [3.05, 3.63) is 47.5 Å². The average molecular weight is 578 g/mol. The average Bonchev–Trinajstić information content (AvgIpc) is 3.27. The first kappa shape index (κ1) is 28.9. The topological polar surface area (TPSA) is 116 Å². The Bertz CT molecular complexity index is 1290. The molecule has 2 aromatic carbocycles. The lowest BCUT2D eigenvalue weighted by Crippen LogP contribution is -2.16. The highest BCUT2D eigenvalue weighted by atomic mass is 35.5. The number of aromatic nitrogens is 2. The zero-order chi connectivity index (χ0) is 26.1. The van der Waals surface area contributed by atoms with Crippen LogP contribution in [0, 0.1) is 13.8 Å². The van der Waals surface area contributed by atoms with Crippen molar-refractivity contribution in [3.8, 4) is 0 Å². The van der Waals surface area contributed by atoms with Crippen molar-refractivity contribution in [2.24, 2.45) is 0 Å². The standard InChI is InChI=1S/C11H11ClN2O2S.C8H8N2S.C3H4Cl2O2/c1-6-3-4-8-9(5-6)17-10(13-8)14-11(15)16-7(2)12;1-5-2-3-6-7(4-5)11-8(9)10-6;1-2(4)7-3(5)6/h3-5,7H,1-2H3,(H,13,14,15);2-4H,1H3,(H2,9,10);2H,1H3. The maximum absolute atomic E-state index is 11.3. The van der Waals surface area contributed by atoms with Gasteiger partial charge in [-0.1, -0.05) is 58.0 Å². The molecule has 4 rings (SSSR count). The molecule has 2 atom stereocenters. The van der Waals surface area contributed by atoms with E-state index in [9.17, 15) is 9.59 Å². The van der Waals surface area contributed by atoms with Crippen LogP contribution in [0.25, 0.3) is 20.4 Å². The van der Waals surface area contributed by atoms with Crippen molar-refractivity contribution >= 4 is 99.7 Å². The van der Waals surface area contributed by atoms with E-state index in [4.69, 9.17) is 45.3 Å². The predicted molar refractivity (Wildman–Crippen MR) is 146 cm³/mol. The summed E-state index contributed by atoms with van der Waals surface area (Å²) in [4.78, 5) is 29.4. The third-order valence-corrected chi connectivity index (χ3v) is 5.89. The number of amides is 1. The molecule has 0 spiro atoms. The molecule has 0 saturated heterocycles. The number of hydrogen-bond donors (Lipinski definition) is 2. The van der Waals surface area contributed by atoms with Gasteiger partial charge < -0.3 is 15.2 Å². The fourth-order valence-electron chi connectivity index (χ4n) is 2.53. The number of carbonyl (C=O) groups is 2. The molecule has 1 amide bonds. The summed E-state index contributed by atoms with van der Waals surface area (Å²) in [6.45, 7) is 7.15. The number of benzene rings is 2. The van der Waals surface area contributed by atoms with Crippen LogP contribution in [0.3, 0.4) is 0 Å². The number of nitrogens with one attached hydrogen (secondary N) is 1. The van der Waals surface area contributed by atoms with Crippen LogP contribution in [0.1, 0.15) is 25.0 Å². The Balaban J connectivity index is 0.000000206. The van der Waals surface area contributed by atoms with E-state index in [1.54, 1.807) is 6.92 Å². The Morgan fingerprint density at radius 2 is 1.43 bits per heavy atom. The molecule has 0 fully saturated rings.